The number of hydrogen-bond donors (Lipinski definition) is 0. The lowest BCUT2D eigenvalue weighted by Gasteiger charge is -2.12. The molecule has 0 N–H and O–H groups in total. The summed E-state index contributed by atoms with van der Waals surface area (Å²) in [6.07, 6.45) is 5.32. The molecule has 0 unspecified atom stereocenters. The Hall–Kier alpha value is -2.16. The molecule has 0 radical (unpaired) electrons. The molecule has 1 aromatic carbocycles. The smallest absolute Gasteiger partial charge is 0.0912 e. The topological polar surface area (TPSA) is 28.5 Å². The second kappa shape index (κ2) is 5.80. The molecule has 17 heavy (non-hydrogen) atoms. The average molecular weight is 225 g/mol. The van der Waals surface area contributed by atoms with Gasteiger partial charge in [-0.1, -0.05) is 30.3 Å². The van der Waals surface area contributed by atoms with E-state index < -0.39 is 0 Å². The van der Waals surface area contributed by atoms with E-state index in [4.69, 9.17) is 0 Å². The minimum atomic E-state index is 0.857. The van der Waals surface area contributed by atoms with Gasteiger partial charge in [0.2, 0.25) is 0 Å². The number of rotatable bonds is 4. The van der Waals surface area contributed by atoms with Crippen LogP contribution < -0.4 is 0 Å². The number of benzene rings is 1. The largest absolute Gasteiger partial charge is 0.361 e. The minimum Gasteiger partial charge on any atom is -0.361 e. The third-order valence-electron chi connectivity index (χ3n) is 2.34. The molecule has 1 heterocycles. The Labute approximate surface area is 101 Å². The van der Waals surface area contributed by atoms with Crippen LogP contribution in [0.2, 0.25) is 0 Å². The summed E-state index contributed by atoms with van der Waals surface area (Å²) in [5, 5.41) is 0. The van der Waals surface area contributed by atoms with Gasteiger partial charge in [-0.2, -0.15) is 0 Å². The van der Waals surface area contributed by atoms with Crippen LogP contribution in [0.4, 0.5) is 5.69 Å². The zero-order valence-corrected chi connectivity index (χ0v) is 9.82. The van der Waals surface area contributed by atoms with Crippen molar-refractivity contribution in [2.24, 2.45) is 4.99 Å². The standard InChI is InChI=1S/C14H15N3/c1-17(11-13-5-3-2-4-6-13)12-16-14-7-9-15-10-8-14/h2-10,12H,11H2,1H3. The van der Waals surface area contributed by atoms with E-state index >= 15 is 0 Å². The maximum atomic E-state index is 4.36. The molecule has 86 valence electrons. The quantitative estimate of drug-likeness (QED) is 0.591. The van der Waals surface area contributed by atoms with Crippen LogP contribution in [0, 0.1) is 0 Å². The van der Waals surface area contributed by atoms with Crippen LogP contribution in [0.3, 0.4) is 0 Å². The summed E-state index contributed by atoms with van der Waals surface area (Å²) >= 11 is 0. The fourth-order valence-corrected chi connectivity index (χ4v) is 1.51. The van der Waals surface area contributed by atoms with Gasteiger partial charge >= 0.3 is 0 Å². The number of nitrogens with zero attached hydrogens (tertiary/aromatic N) is 3. The maximum Gasteiger partial charge on any atom is 0.0912 e. The van der Waals surface area contributed by atoms with E-state index in [0.29, 0.717) is 0 Å². The van der Waals surface area contributed by atoms with Crippen LogP contribution in [0.1, 0.15) is 5.56 Å². The molecule has 0 aliphatic heterocycles. The lowest BCUT2D eigenvalue weighted by atomic mass is 10.2. The van der Waals surface area contributed by atoms with Crippen molar-refractivity contribution in [1.82, 2.24) is 9.88 Å². The molecule has 0 spiro atoms. The highest BCUT2D eigenvalue weighted by Crippen LogP contribution is 2.08. The van der Waals surface area contributed by atoms with Gasteiger partial charge in [-0.15, -0.1) is 0 Å². The summed E-state index contributed by atoms with van der Waals surface area (Å²) in [5.74, 6) is 0. The number of pyridine rings is 1. The highest BCUT2D eigenvalue weighted by atomic mass is 15.1. The highest BCUT2D eigenvalue weighted by Gasteiger charge is 1.94. The van der Waals surface area contributed by atoms with E-state index in [-0.39, 0.29) is 0 Å². The molecular formula is C14H15N3. The molecule has 3 heteroatoms. The van der Waals surface area contributed by atoms with Gasteiger partial charge in [0.05, 0.1) is 12.0 Å². The number of aliphatic imine (C=N–C) groups is 1. The molecule has 0 fully saturated rings. The first-order valence-corrected chi connectivity index (χ1v) is 5.53. The lowest BCUT2D eigenvalue weighted by Crippen LogP contribution is -2.14. The van der Waals surface area contributed by atoms with Gasteiger partial charge in [-0.25, -0.2) is 4.99 Å². The molecule has 0 atom stereocenters. The number of aromatic nitrogens is 1. The lowest BCUT2D eigenvalue weighted by molar-refractivity contribution is 0.516. The van der Waals surface area contributed by atoms with Crippen molar-refractivity contribution in [3.8, 4) is 0 Å². The molecule has 0 aliphatic carbocycles. The van der Waals surface area contributed by atoms with Gasteiger partial charge in [-0.05, 0) is 17.7 Å². The fraction of sp³-hybridized carbons (Fsp3) is 0.143. The summed E-state index contributed by atoms with van der Waals surface area (Å²) in [5.41, 5.74) is 2.19. The minimum absolute atomic E-state index is 0.857. The fourth-order valence-electron chi connectivity index (χ4n) is 1.51. The van der Waals surface area contributed by atoms with Gasteiger partial charge in [-0.3, -0.25) is 4.98 Å². The van der Waals surface area contributed by atoms with Crippen molar-refractivity contribution in [1.29, 1.82) is 0 Å². The van der Waals surface area contributed by atoms with Crippen molar-refractivity contribution in [2.75, 3.05) is 7.05 Å². The second-order valence-electron chi connectivity index (χ2n) is 3.85. The van der Waals surface area contributed by atoms with Crippen molar-refractivity contribution >= 4 is 12.0 Å². The monoisotopic (exact) mass is 225 g/mol. The van der Waals surface area contributed by atoms with Crippen LogP contribution >= 0.6 is 0 Å². The third-order valence-corrected chi connectivity index (χ3v) is 2.34. The van der Waals surface area contributed by atoms with Crippen molar-refractivity contribution in [3.05, 3.63) is 60.4 Å². The molecule has 0 aliphatic rings. The Morgan fingerprint density at radius 3 is 2.53 bits per heavy atom. The van der Waals surface area contributed by atoms with E-state index in [1.807, 2.05) is 43.7 Å². The van der Waals surface area contributed by atoms with Crippen molar-refractivity contribution in [3.63, 3.8) is 0 Å². The first-order chi connectivity index (χ1) is 8.34. The summed E-state index contributed by atoms with van der Waals surface area (Å²) in [4.78, 5) is 10.4. The first-order valence-electron chi connectivity index (χ1n) is 5.53. The SMILES string of the molecule is CN(C=Nc1ccncc1)Cc1ccccc1. The van der Waals surface area contributed by atoms with Gasteiger partial charge in [0.1, 0.15) is 0 Å². The van der Waals surface area contributed by atoms with Gasteiger partial charge in [0.15, 0.2) is 0 Å². The van der Waals surface area contributed by atoms with Crippen LogP contribution in [0.5, 0.6) is 0 Å². The molecule has 2 rings (SSSR count). The van der Waals surface area contributed by atoms with E-state index in [1.54, 1.807) is 12.4 Å². The van der Waals surface area contributed by atoms with E-state index in [0.717, 1.165) is 12.2 Å². The summed E-state index contributed by atoms with van der Waals surface area (Å²) < 4.78 is 0. The van der Waals surface area contributed by atoms with Crippen LogP contribution in [0.25, 0.3) is 0 Å². The molecule has 2 aromatic rings. The zero-order valence-electron chi connectivity index (χ0n) is 9.82. The first kappa shape index (κ1) is 11.3. The Bertz CT molecular complexity index is 465. The zero-order chi connectivity index (χ0) is 11.9. The number of hydrogen-bond acceptors (Lipinski definition) is 2. The van der Waals surface area contributed by atoms with Crippen LogP contribution in [-0.2, 0) is 6.54 Å². The van der Waals surface area contributed by atoms with E-state index in [9.17, 15) is 0 Å². The van der Waals surface area contributed by atoms with E-state index in [1.165, 1.54) is 5.56 Å². The normalized spacial score (nSPS) is 10.6. The Kier molecular flexibility index (Phi) is 3.86. The van der Waals surface area contributed by atoms with Crippen LogP contribution in [-0.4, -0.2) is 23.3 Å². The molecular weight excluding hydrogens is 210 g/mol. The Morgan fingerprint density at radius 2 is 1.82 bits per heavy atom. The van der Waals surface area contributed by atoms with Gasteiger partial charge < -0.3 is 4.90 Å². The predicted octanol–water partition coefficient (Wildman–Crippen LogP) is 2.87. The summed E-state index contributed by atoms with van der Waals surface area (Å²) in [7, 11) is 2.01. The Morgan fingerprint density at radius 1 is 1.12 bits per heavy atom. The second-order valence-corrected chi connectivity index (χ2v) is 3.85. The van der Waals surface area contributed by atoms with Gasteiger partial charge in [0, 0.05) is 26.0 Å². The molecule has 0 amide bonds. The predicted molar refractivity (Wildman–Crippen MR) is 70.3 cm³/mol. The van der Waals surface area contributed by atoms with Gasteiger partial charge in [0.25, 0.3) is 0 Å². The van der Waals surface area contributed by atoms with Crippen molar-refractivity contribution in [2.45, 2.75) is 6.54 Å². The average Bonchev–Trinajstić information content (AvgIpc) is 2.39. The molecule has 1 aromatic heterocycles. The molecule has 0 bridgehead atoms. The maximum absolute atomic E-state index is 4.36. The summed E-state index contributed by atoms with van der Waals surface area (Å²) in [6, 6.07) is 14.1. The van der Waals surface area contributed by atoms with Crippen molar-refractivity contribution < 1.29 is 0 Å². The highest BCUT2D eigenvalue weighted by molar-refractivity contribution is 5.60. The van der Waals surface area contributed by atoms with E-state index in [2.05, 4.69) is 27.0 Å². The third kappa shape index (κ3) is 3.72. The molecule has 0 saturated heterocycles. The molecule has 0 saturated carbocycles. The Balaban J connectivity index is 1.94. The summed E-state index contributed by atoms with van der Waals surface area (Å²) in [6.45, 7) is 0.857. The molecule has 3 nitrogen and oxygen atoms in total. The van der Waals surface area contributed by atoms with Crippen LogP contribution in [0.15, 0.2) is 59.9 Å².